The Bertz CT molecular complexity index is 478. The van der Waals surface area contributed by atoms with Crippen LogP contribution in [-0.2, 0) is 0 Å². The lowest BCUT2D eigenvalue weighted by molar-refractivity contribution is 1.05. The van der Waals surface area contributed by atoms with E-state index in [1.165, 1.54) is 0 Å². The number of nitrogens with one attached hydrogen (secondary N) is 1. The summed E-state index contributed by atoms with van der Waals surface area (Å²) in [7, 11) is 0. The van der Waals surface area contributed by atoms with Gasteiger partial charge in [0.25, 0.3) is 0 Å². The quantitative estimate of drug-likeness (QED) is 0.865. The van der Waals surface area contributed by atoms with Gasteiger partial charge in [-0.05, 0) is 24.3 Å². The number of halogens is 2. The third-order valence-corrected chi connectivity index (χ3v) is 2.53. The van der Waals surface area contributed by atoms with Crippen molar-refractivity contribution in [3.63, 3.8) is 0 Å². The summed E-state index contributed by atoms with van der Waals surface area (Å²) in [6.07, 6.45) is 0. The molecule has 0 bridgehead atoms. The van der Waals surface area contributed by atoms with Gasteiger partial charge in [0.15, 0.2) is 5.82 Å². The number of rotatable bonds is 2. The molecule has 0 amide bonds. The Balaban J connectivity index is 2.30. The van der Waals surface area contributed by atoms with E-state index >= 15 is 0 Å². The zero-order valence-electron chi connectivity index (χ0n) is 8.11. The molecule has 1 aromatic carbocycles. The number of para-hydroxylation sites is 1. The second-order valence-corrected chi connectivity index (χ2v) is 3.88. The highest BCUT2D eigenvalue weighted by Crippen LogP contribution is 2.31. The van der Waals surface area contributed by atoms with Crippen molar-refractivity contribution in [3.8, 4) is 0 Å². The van der Waals surface area contributed by atoms with E-state index in [1.807, 2.05) is 0 Å². The fourth-order valence-corrected chi connectivity index (χ4v) is 1.65. The molecule has 16 heavy (non-hydrogen) atoms. The van der Waals surface area contributed by atoms with Crippen LogP contribution in [0.1, 0.15) is 0 Å². The van der Waals surface area contributed by atoms with E-state index in [-0.39, 0.29) is 0 Å². The average molecular weight is 255 g/mol. The van der Waals surface area contributed by atoms with Crippen LogP contribution in [0, 0.1) is 0 Å². The van der Waals surface area contributed by atoms with Crippen LogP contribution >= 0.6 is 23.2 Å². The molecular formula is C10H8Cl2N4. The van der Waals surface area contributed by atoms with Crippen LogP contribution in [0.3, 0.4) is 0 Å². The number of hydrogen-bond donors (Lipinski definition) is 2. The highest BCUT2D eigenvalue weighted by atomic mass is 35.5. The molecule has 0 radical (unpaired) electrons. The number of nitrogens with two attached hydrogens (primary N) is 1. The van der Waals surface area contributed by atoms with E-state index in [1.54, 1.807) is 30.3 Å². The lowest BCUT2D eigenvalue weighted by Crippen LogP contribution is -1.98. The zero-order chi connectivity index (χ0) is 11.5. The molecule has 1 heterocycles. The third kappa shape index (κ3) is 2.35. The Morgan fingerprint density at radius 1 is 1.00 bits per heavy atom. The van der Waals surface area contributed by atoms with Gasteiger partial charge in [0.2, 0.25) is 0 Å². The van der Waals surface area contributed by atoms with Gasteiger partial charge >= 0.3 is 0 Å². The Labute approximate surface area is 102 Å². The largest absolute Gasteiger partial charge is 0.382 e. The second kappa shape index (κ2) is 4.55. The van der Waals surface area contributed by atoms with Crippen molar-refractivity contribution in [2.24, 2.45) is 0 Å². The van der Waals surface area contributed by atoms with Crippen LogP contribution in [0.2, 0.25) is 10.0 Å². The monoisotopic (exact) mass is 254 g/mol. The summed E-state index contributed by atoms with van der Waals surface area (Å²) in [4.78, 5) is 0. The third-order valence-electron chi connectivity index (χ3n) is 1.90. The highest BCUT2D eigenvalue weighted by molar-refractivity contribution is 6.39. The maximum absolute atomic E-state index is 5.99. The molecule has 0 atom stereocenters. The van der Waals surface area contributed by atoms with E-state index in [2.05, 4.69) is 15.5 Å². The molecule has 0 saturated heterocycles. The molecule has 0 spiro atoms. The smallest absolute Gasteiger partial charge is 0.153 e. The van der Waals surface area contributed by atoms with Gasteiger partial charge in [0.05, 0.1) is 15.7 Å². The van der Waals surface area contributed by atoms with Crippen molar-refractivity contribution >= 4 is 40.5 Å². The van der Waals surface area contributed by atoms with E-state index in [0.29, 0.717) is 27.4 Å². The first-order valence-electron chi connectivity index (χ1n) is 4.47. The molecule has 3 N–H and O–H groups in total. The molecule has 0 aliphatic heterocycles. The molecule has 4 nitrogen and oxygen atoms in total. The normalized spacial score (nSPS) is 10.1. The van der Waals surface area contributed by atoms with E-state index in [4.69, 9.17) is 28.9 Å². The molecule has 0 unspecified atom stereocenters. The predicted molar refractivity (Wildman–Crippen MR) is 66.2 cm³/mol. The summed E-state index contributed by atoms with van der Waals surface area (Å²) in [5.41, 5.74) is 6.03. The maximum atomic E-state index is 5.99. The fraction of sp³-hybridized carbons (Fsp3) is 0. The van der Waals surface area contributed by atoms with Crippen molar-refractivity contribution in [2.75, 3.05) is 11.1 Å². The Kier molecular flexibility index (Phi) is 3.12. The fourth-order valence-electron chi connectivity index (χ4n) is 1.15. The van der Waals surface area contributed by atoms with Gasteiger partial charge < -0.3 is 11.1 Å². The van der Waals surface area contributed by atoms with Crippen molar-refractivity contribution in [2.45, 2.75) is 0 Å². The van der Waals surface area contributed by atoms with Crippen LogP contribution in [0.5, 0.6) is 0 Å². The molecular weight excluding hydrogens is 247 g/mol. The summed E-state index contributed by atoms with van der Waals surface area (Å²) in [5.74, 6) is 0.889. The first-order valence-corrected chi connectivity index (χ1v) is 5.22. The SMILES string of the molecule is Nc1ccc(Nc2c(Cl)cccc2Cl)nn1. The molecule has 0 saturated carbocycles. The molecule has 1 aromatic heterocycles. The first kappa shape index (κ1) is 11.0. The molecule has 6 heteroatoms. The predicted octanol–water partition coefficient (Wildman–Crippen LogP) is 3.11. The maximum Gasteiger partial charge on any atom is 0.153 e. The average Bonchev–Trinajstić information content (AvgIpc) is 2.26. The van der Waals surface area contributed by atoms with Gasteiger partial charge in [-0.2, -0.15) is 0 Å². The second-order valence-electron chi connectivity index (χ2n) is 3.07. The van der Waals surface area contributed by atoms with Crippen molar-refractivity contribution < 1.29 is 0 Å². The van der Waals surface area contributed by atoms with E-state index in [9.17, 15) is 0 Å². The summed E-state index contributed by atoms with van der Waals surface area (Å²) >= 11 is 12.0. The van der Waals surface area contributed by atoms with Crippen LogP contribution in [0.4, 0.5) is 17.3 Å². The van der Waals surface area contributed by atoms with Crippen LogP contribution in [0.25, 0.3) is 0 Å². The summed E-state index contributed by atoms with van der Waals surface area (Å²) < 4.78 is 0. The van der Waals surface area contributed by atoms with Gasteiger partial charge in [-0.25, -0.2) is 0 Å². The number of nitrogens with zero attached hydrogens (tertiary/aromatic N) is 2. The molecule has 2 rings (SSSR count). The Hall–Kier alpha value is -1.52. The summed E-state index contributed by atoms with van der Waals surface area (Å²) in [5, 5.41) is 11.6. The lowest BCUT2D eigenvalue weighted by Gasteiger charge is -2.08. The molecule has 0 fully saturated rings. The van der Waals surface area contributed by atoms with Crippen molar-refractivity contribution in [1.29, 1.82) is 0 Å². The molecule has 0 aliphatic carbocycles. The van der Waals surface area contributed by atoms with Crippen LogP contribution in [-0.4, -0.2) is 10.2 Å². The number of benzene rings is 1. The zero-order valence-corrected chi connectivity index (χ0v) is 9.63. The number of anilines is 3. The standard InChI is InChI=1S/C10H8Cl2N4/c11-6-2-1-3-7(12)10(6)14-9-5-4-8(13)15-16-9/h1-5H,(H2,13,15)(H,14,16). The van der Waals surface area contributed by atoms with Crippen molar-refractivity contribution in [1.82, 2.24) is 10.2 Å². The molecule has 82 valence electrons. The summed E-state index contributed by atoms with van der Waals surface area (Å²) in [6.45, 7) is 0. The lowest BCUT2D eigenvalue weighted by atomic mass is 10.3. The minimum absolute atomic E-state index is 0.357. The van der Waals surface area contributed by atoms with Crippen LogP contribution in [0.15, 0.2) is 30.3 Å². The molecule has 2 aromatic rings. The molecule has 0 aliphatic rings. The first-order chi connectivity index (χ1) is 7.66. The van der Waals surface area contributed by atoms with E-state index < -0.39 is 0 Å². The number of nitrogen functional groups attached to an aromatic ring is 1. The van der Waals surface area contributed by atoms with E-state index in [0.717, 1.165) is 0 Å². The minimum Gasteiger partial charge on any atom is -0.382 e. The van der Waals surface area contributed by atoms with Gasteiger partial charge in [-0.15, -0.1) is 10.2 Å². The number of aromatic nitrogens is 2. The van der Waals surface area contributed by atoms with Gasteiger partial charge in [-0.1, -0.05) is 29.3 Å². The van der Waals surface area contributed by atoms with Gasteiger partial charge in [-0.3, -0.25) is 0 Å². The van der Waals surface area contributed by atoms with Crippen molar-refractivity contribution in [3.05, 3.63) is 40.4 Å². The summed E-state index contributed by atoms with van der Waals surface area (Å²) in [6, 6.07) is 8.58. The van der Waals surface area contributed by atoms with Crippen LogP contribution < -0.4 is 11.1 Å². The van der Waals surface area contributed by atoms with Gasteiger partial charge in [0, 0.05) is 0 Å². The van der Waals surface area contributed by atoms with Gasteiger partial charge in [0.1, 0.15) is 5.82 Å². The number of hydrogen-bond acceptors (Lipinski definition) is 4. The minimum atomic E-state index is 0.357. The Morgan fingerprint density at radius 2 is 1.69 bits per heavy atom. The Morgan fingerprint density at radius 3 is 2.25 bits per heavy atom. The topological polar surface area (TPSA) is 63.8 Å². The highest BCUT2D eigenvalue weighted by Gasteiger charge is 2.06.